The first-order chi connectivity index (χ1) is 9.38. The van der Waals surface area contributed by atoms with Crippen molar-refractivity contribution >= 4 is 27.3 Å². The van der Waals surface area contributed by atoms with Crippen LogP contribution in [-0.2, 0) is 10.0 Å². The van der Waals surface area contributed by atoms with Crippen LogP contribution in [0, 0.1) is 12.8 Å². The number of hydrogen-bond acceptors (Lipinski definition) is 4. The van der Waals surface area contributed by atoms with Crippen LogP contribution in [0.5, 0.6) is 0 Å². The van der Waals surface area contributed by atoms with Crippen LogP contribution in [0.3, 0.4) is 0 Å². The molecule has 2 rings (SSSR count). The largest absolute Gasteiger partial charge is 0.351 e. The lowest BCUT2D eigenvalue weighted by atomic mass is 9.94. The minimum absolute atomic E-state index is 0.0285. The molecular weight excluding hydrogens is 296 g/mol. The number of nitrogens with two attached hydrogens (primary N) is 1. The molecule has 7 heteroatoms. The third kappa shape index (κ3) is 3.68. The van der Waals surface area contributed by atoms with Gasteiger partial charge in [-0.3, -0.25) is 4.79 Å². The van der Waals surface area contributed by atoms with Crippen LogP contribution in [0.2, 0.25) is 0 Å². The molecule has 1 aromatic rings. The molecule has 0 fully saturated rings. The number of sulfonamides is 1. The van der Waals surface area contributed by atoms with E-state index in [9.17, 15) is 13.2 Å². The number of nitrogens with one attached hydrogen (secondary N) is 1. The summed E-state index contributed by atoms with van der Waals surface area (Å²) in [6.45, 7) is 2.33. The van der Waals surface area contributed by atoms with E-state index >= 15 is 0 Å². The van der Waals surface area contributed by atoms with E-state index in [-0.39, 0.29) is 10.1 Å². The highest BCUT2D eigenvalue weighted by Gasteiger charge is 2.20. The third-order valence-corrected chi connectivity index (χ3v) is 5.97. The highest BCUT2D eigenvalue weighted by Crippen LogP contribution is 2.25. The number of carbonyl (C=O) groups excluding carboxylic acids is 1. The van der Waals surface area contributed by atoms with Gasteiger partial charge in [-0.25, -0.2) is 13.6 Å². The van der Waals surface area contributed by atoms with E-state index in [0.29, 0.717) is 22.9 Å². The summed E-state index contributed by atoms with van der Waals surface area (Å²) in [7, 11) is -3.74. The number of thiophene rings is 1. The second-order valence-corrected chi connectivity index (χ2v) is 7.82. The minimum atomic E-state index is -3.74. The molecule has 1 amide bonds. The highest BCUT2D eigenvalue weighted by molar-refractivity contribution is 7.91. The van der Waals surface area contributed by atoms with Crippen LogP contribution >= 0.6 is 11.3 Å². The number of carbonyl (C=O) groups is 1. The molecule has 0 spiro atoms. The molecule has 0 bridgehead atoms. The van der Waals surface area contributed by atoms with Crippen LogP contribution in [0.15, 0.2) is 22.4 Å². The van der Waals surface area contributed by atoms with Gasteiger partial charge in [-0.1, -0.05) is 12.2 Å². The van der Waals surface area contributed by atoms with Gasteiger partial charge in [0.15, 0.2) is 0 Å². The maximum absolute atomic E-state index is 12.1. The fraction of sp³-hybridized carbons (Fsp3) is 0.462. The number of amides is 1. The van der Waals surface area contributed by atoms with Gasteiger partial charge in [0, 0.05) is 6.54 Å². The van der Waals surface area contributed by atoms with Crippen molar-refractivity contribution in [3.05, 3.63) is 28.7 Å². The molecule has 3 N–H and O–H groups in total. The van der Waals surface area contributed by atoms with Gasteiger partial charge in [-0.2, -0.15) is 0 Å². The van der Waals surface area contributed by atoms with Gasteiger partial charge >= 0.3 is 0 Å². The quantitative estimate of drug-likeness (QED) is 0.830. The summed E-state index contributed by atoms with van der Waals surface area (Å²) in [6, 6.07) is 1.44. The molecule has 110 valence electrons. The first-order valence-corrected chi connectivity index (χ1v) is 8.80. The maximum atomic E-state index is 12.1. The van der Waals surface area contributed by atoms with E-state index in [1.165, 1.54) is 6.07 Å². The standard InChI is InChI=1S/C13H18N2O3S2/c1-9-7-11(20(14,17)18)19-12(9)13(16)15-8-10-5-3-2-4-6-10/h2-3,7,10H,4-6,8H2,1H3,(H,15,16)(H2,14,17,18)/t10-/m0/s1. The van der Waals surface area contributed by atoms with Crippen LogP contribution in [-0.4, -0.2) is 20.9 Å². The van der Waals surface area contributed by atoms with Gasteiger partial charge in [0.1, 0.15) is 4.21 Å². The fourth-order valence-corrected chi connectivity index (χ4v) is 4.05. The van der Waals surface area contributed by atoms with Gasteiger partial charge in [0.05, 0.1) is 4.88 Å². The van der Waals surface area contributed by atoms with Crippen molar-refractivity contribution in [2.45, 2.75) is 30.4 Å². The zero-order valence-electron chi connectivity index (χ0n) is 11.3. The Hall–Kier alpha value is -1.18. The second-order valence-electron chi connectivity index (χ2n) is 4.98. The Morgan fingerprint density at radius 1 is 1.50 bits per heavy atom. The number of allylic oxidation sites excluding steroid dienone is 2. The molecule has 1 aliphatic rings. The van der Waals surface area contributed by atoms with Crippen molar-refractivity contribution in [3.8, 4) is 0 Å². The minimum Gasteiger partial charge on any atom is -0.351 e. The Kier molecular flexibility index (Phi) is 4.62. The van der Waals surface area contributed by atoms with Crippen molar-refractivity contribution in [1.29, 1.82) is 0 Å². The molecule has 0 aliphatic heterocycles. The van der Waals surface area contributed by atoms with Crippen LogP contribution in [0.25, 0.3) is 0 Å². The third-order valence-electron chi connectivity index (χ3n) is 3.31. The van der Waals surface area contributed by atoms with Gasteiger partial charge in [-0.15, -0.1) is 11.3 Å². The second kappa shape index (κ2) is 6.07. The first-order valence-electron chi connectivity index (χ1n) is 6.44. The Labute approximate surface area is 122 Å². The molecule has 5 nitrogen and oxygen atoms in total. The molecule has 1 aliphatic carbocycles. The molecule has 1 heterocycles. The number of hydrogen-bond donors (Lipinski definition) is 2. The van der Waals surface area contributed by atoms with Crippen molar-refractivity contribution in [2.24, 2.45) is 11.1 Å². The average molecular weight is 314 g/mol. The van der Waals surface area contributed by atoms with E-state index in [2.05, 4.69) is 17.5 Å². The van der Waals surface area contributed by atoms with E-state index in [1.54, 1.807) is 6.92 Å². The molecule has 0 saturated heterocycles. The summed E-state index contributed by atoms with van der Waals surface area (Å²) in [5.41, 5.74) is 0.639. The van der Waals surface area contributed by atoms with E-state index in [0.717, 1.165) is 30.6 Å². The lowest BCUT2D eigenvalue weighted by molar-refractivity contribution is 0.0950. The van der Waals surface area contributed by atoms with Gasteiger partial charge in [-0.05, 0) is 43.7 Å². The lowest BCUT2D eigenvalue weighted by Gasteiger charge is -2.17. The van der Waals surface area contributed by atoms with Crippen molar-refractivity contribution in [2.75, 3.05) is 6.54 Å². The topological polar surface area (TPSA) is 89.3 Å². The van der Waals surface area contributed by atoms with Crippen molar-refractivity contribution in [3.63, 3.8) is 0 Å². The summed E-state index contributed by atoms with van der Waals surface area (Å²) in [4.78, 5) is 12.5. The highest BCUT2D eigenvalue weighted by atomic mass is 32.2. The van der Waals surface area contributed by atoms with Crippen molar-refractivity contribution in [1.82, 2.24) is 5.32 Å². The SMILES string of the molecule is Cc1cc(S(N)(=O)=O)sc1C(=O)NC[C@H]1CC=CCC1. The van der Waals surface area contributed by atoms with E-state index in [4.69, 9.17) is 5.14 Å². The zero-order chi connectivity index (χ0) is 14.8. The lowest BCUT2D eigenvalue weighted by Crippen LogP contribution is -2.29. The Bertz CT molecular complexity index is 632. The molecule has 20 heavy (non-hydrogen) atoms. The zero-order valence-corrected chi connectivity index (χ0v) is 12.9. The normalized spacial score (nSPS) is 19.0. The van der Waals surface area contributed by atoms with Gasteiger partial charge < -0.3 is 5.32 Å². The Morgan fingerprint density at radius 3 is 2.80 bits per heavy atom. The van der Waals surface area contributed by atoms with Gasteiger partial charge in [0.2, 0.25) is 10.0 Å². The summed E-state index contributed by atoms with van der Waals surface area (Å²) in [6.07, 6.45) is 7.39. The fourth-order valence-electron chi connectivity index (χ4n) is 2.18. The number of primary sulfonamides is 1. The Morgan fingerprint density at radius 2 is 2.25 bits per heavy atom. The monoisotopic (exact) mass is 314 g/mol. The number of aryl methyl sites for hydroxylation is 1. The van der Waals surface area contributed by atoms with Crippen LogP contribution in [0.4, 0.5) is 0 Å². The predicted octanol–water partition coefficient (Wildman–Crippen LogP) is 1.79. The summed E-state index contributed by atoms with van der Waals surface area (Å²) < 4.78 is 22.6. The van der Waals surface area contributed by atoms with Gasteiger partial charge in [0.25, 0.3) is 5.91 Å². The average Bonchev–Trinajstić information content (AvgIpc) is 2.79. The molecular formula is C13H18N2O3S2. The van der Waals surface area contributed by atoms with Crippen molar-refractivity contribution < 1.29 is 13.2 Å². The van der Waals surface area contributed by atoms with E-state index < -0.39 is 10.0 Å². The molecule has 0 radical (unpaired) electrons. The predicted molar refractivity (Wildman–Crippen MR) is 79.2 cm³/mol. The summed E-state index contributed by atoms with van der Waals surface area (Å²) in [5.74, 6) is 0.235. The molecule has 0 saturated carbocycles. The Balaban J connectivity index is 2.02. The van der Waals surface area contributed by atoms with Crippen LogP contribution < -0.4 is 10.5 Å². The number of rotatable bonds is 4. The van der Waals surface area contributed by atoms with Crippen LogP contribution in [0.1, 0.15) is 34.5 Å². The molecule has 1 aromatic heterocycles. The van der Waals surface area contributed by atoms with E-state index in [1.807, 2.05) is 0 Å². The summed E-state index contributed by atoms with van der Waals surface area (Å²) in [5, 5.41) is 7.95. The smallest absolute Gasteiger partial charge is 0.261 e. The molecule has 1 atom stereocenters. The molecule has 0 aromatic carbocycles. The maximum Gasteiger partial charge on any atom is 0.261 e. The summed E-state index contributed by atoms with van der Waals surface area (Å²) >= 11 is 0.922. The first kappa shape index (κ1) is 15.2. The molecule has 0 unspecified atom stereocenters.